The van der Waals surface area contributed by atoms with Gasteiger partial charge in [-0.15, -0.1) is 0 Å². The van der Waals surface area contributed by atoms with Crippen molar-refractivity contribution in [1.29, 1.82) is 0 Å². The van der Waals surface area contributed by atoms with Crippen molar-refractivity contribution in [3.63, 3.8) is 0 Å². The van der Waals surface area contributed by atoms with E-state index < -0.39 is 0 Å². The lowest BCUT2D eigenvalue weighted by atomic mass is 9.80. The fourth-order valence-electron chi connectivity index (χ4n) is 2.97. The van der Waals surface area contributed by atoms with E-state index in [1.54, 1.807) is 0 Å². The Hall–Kier alpha value is -0.900. The van der Waals surface area contributed by atoms with E-state index in [0.29, 0.717) is 21.9 Å². The molecule has 0 heterocycles. The Bertz CT molecular complexity index is 467. The number of benzene rings is 1. The Kier molecular flexibility index (Phi) is 4.61. The van der Waals surface area contributed by atoms with Gasteiger partial charge in [0.15, 0.2) is 0 Å². The van der Waals surface area contributed by atoms with Gasteiger partial charge in [0.1, 0.15) is 5.82 Å². The van der Waals surface area contributed by atoms with Crippen LogP contribution in [0, 0.1) is 17.7 Å². The molecule has 1 aliphatic rings. The van der Waals surface area contributed by atoms with Gasteiger partial charge in [0, 0.05) is 11.6 Å². The first-order valence-electron chi connectivity index (χ1n) is 6.71. The summed E-state index contributed by atoms with van der Waals surface area (Å²) in [5, 5.41) is 3.06. The highest BCUT2D eigenvalue weighted by Crippen LogP contribution is 2.28. The van der Waals surface area contributed by atoms with Crippen LogP contribution >= 0.6 is 15.9 Å². The standard InChI is InChI=1S/C15H19BrFNO/c1-9-5-10(2)7-12(6-9)18-15(19)11-3-4-14(17)13(16)8-11/h3-4,8-10,12H,5-7H2,1-2H3,(H,18,19). The lowest BCUT2D eigenvalue weighted by Gasteiger charge is -2.32. The molecule has 0 aliphatic heterocycles. The van der Waals surface area contributed by atoms with Crippen molar-refractivity contribution in [2.75, 3.05) is 0 Å². The zero-order valence-corrected chi connectivity index (χ0v) is 12.8. The first-order chi connectivity index (χ1) is 8.95. The average molecular weight is 328 g/mol. The molecule has 2 rings (SSSR count). The predicted octanol–water partition coefficient (Wildman–Crippen LogP) is 4.14. The monoisotopic (exact) mass is 327 g/mol. The number of rotatable bonds is 2. The Morgan fingerprint density at radius 1 is 1.26 bits per heavy atom. The molecule has 1 N–H and O–H groups in total. The van der Waals surface area contributed by atoms with Gasteiger partial charge < -0.3 is 5.32 Å². The zero-order chi connectivity index (χ0) is 14.0. The quantitative estimate of drug-likeness (QED) is 0.868. The number of amides is 1. The van der Waals surface area contributed by atoms with Crippen LogP contribution in [0.5, 0.6) is 0 Å². The summed E-state index contributed by atoms with van der Waals surface area (Å²) in [7, 11) is 0. The van der Waals surface area contributed by atoms with E-state index in [9.17, 15) is 9.18 Å². The molecule has 0 bridgehead atoms. The Morgan fingerprint density at radius 3 is 2.47 bits per heavy atom. The maximum absolute atomic E-state index is 13.1. The van der Waals surface area contributed by atoms with Gasteiger partial charge in [-0.3, -0.25) is 4.79 Å². The first kappa shape index (κ1) is 14.5. The normalized spacial score (nSPS) is 27.1. The summed E-state index contributed by atoms with van der Waals surface area (Å²) >= 11 is 3.10. The minimum absolute atomic E-state index is 0.119. The molecule has 0 aromatic heterocycles. The van der Waals surface area contributed by atoms with Crippen molar-refractivity contribution in [2.45, 2.75) is 39.2 Å². The van der Waals surface area contributed by atoms with Crippen molar-refractivity contribution >= 4 is 21.8 Å². The summed E-state index contributed by atoms with van der Waals surface area (Å²) in [4.78, 5) is 12.1. The Morgan fingerprint density at radius 2 is 1.89 bits per heavy atom. The minimum atomic E-state index is -0.350. The fourth-order valence-corrected chi connectivity index (χ4v) is 3.35. The molecule has 1 saturated carbocycles. The van der Waals surface area contributed by atoms with Crippen LogP contribution in [0.2, 0.25) is 0 Å². The van der Waals surface area contributed by atoms with Gasteiger partial charge in [-0.1, -0.05) is 13.8 Å². The molecule has 2 atom stereocenters. The lowest BCUT2D eigenvalue weighted by Crippen LogP contribution is -2.40. The number of hydrogen-bond donors (Lipinski definition) is 1. The molecule has 1 aromatic carbocycles. The van der Waals surface area contributed by atoms with E-state index in [1.807, 2.05) is 0 Å². The van der Waals surface area contributed by atoms with Crippen molar-refractivity contribution in [2.24, 2.45) is 11.8 Å². The second kappa shape index (κ2) is 6.04. The van der Waals surface area contributed by atoms with E-state index in [2.05, 4.69) is 35.1 Å². The van der Waals surface area contributed by atoms with Crippen LogP contribution < -0.4 is 5.32 Å². The van der Waals surface area contributed by atoms with Crippen LogP contribution in [0.1, 0.15) is 43.5 Å². The topological polar surface area (TPSA) is 29.1 Å². The SMILES string of the molecule is CC1CC(C)CC(NC(=O)c2ccc(F)c(Br)c2)C1. The van der Waals surface area contributed by atoms with Crippen molar-refractivity contribution in [3.8, 4) is 0 Å². The molecule has 19 heavy (non-hydrogen) atoms. The predicted molar refractivity (Wildman–Crippen MR) is 77.5 cm³/mol. The van der Waals surface area contributed by atoms with E-state index in [-0.39, 0.29) is 17.8 Å². The number of carbonyl (C=O) groups excluding carboxylic acids is 1. The van der Waals surface area contributed by atoms with Gasteiger partial charge in [-0.2, -0.15) is 0 Å². The molecule has 1 amide bonds. The summed E-state index contributed by atoms with van der Waals surface area (Å²) in [5.74, 6) is 0.825. The van der Waals surface area contributed by atoms with Gasteiger partial charge in [0.2, 0.25) is 0 Å². The second-order valence-electron chi connectivity index (χ2n) is 5.72. The third-order valence-electron chi connectivity index (χ3n) is 3.70. The van der Waals surface area contributed by atoms with E-state index in [0.717, 1.165) is 12.8 Å². The number of halogens is 2. The van der Waals surface area contributed by atoms with Crippen LogP contribution in [-0.2, 0) is 0 Å². The molecule has 0 radical (unpaired) electrons. The molecule has 104 valence electrons. The first-order valence-corrected chi connectivity index (χ1v) is 7.51. The van der Waals surface area contributed by atoms with E-state index in [4.69, 9.17) is 0 Å². The number of carbonyl (C=O) groups is 1. The van der Waals surface area contributed by atoms with Crippen LogP contribution in [0.3, 0.4) is 0 Å². The summed E-state index contributed by atoms with van der Waals surface area (Å²) in [5.41, 5.74) is 0.499. The fraction of sp³-hybridized carbons (Fsp3) is 0.533. The summed E-state index contributed by atoms with van der Waals surface area (Å²) in [6, 6.07) is 4.59. The smallest absolute Gasteiger partial charge is 0.251 e. The zero-order valence-electron chi connectivity index (χ0n) is 11.2. The summed E-state index contributed by atoms with van der Waals surface area (Å²) in [6.45, 7) is 4.45. The maximum atomic E-state index is 13.1. The van der Waals surface area contributed by atoms with Gasteiger partial charge in [-0.25, -0.2) is 4.39 Å². The highest BCUT2D eigenvalue weighted by molar-refractivity contribution is 9.10. The molecule has 2 nitrogen and oxygen atoms in total. The highest BCUT2D eigenvalue weighted by atomic mass is 79.9. The van der Waals surface area contributed by atoms with Gasteiger partial charge in [0.25, 0.3) is 5.91 Å². The molecule has 4 heteroatoms. The second-order valence-corrected chi connectivity index (χ2v) is 6.57. The van der Waals surface area contributed by atoms with E-state index >= 15 is 0 Å². The molecule has 1 aromatic rings. The van der Waals surface area contributed by atoms with Gasteiger partial charge in [-0.05, 0) is 65.2 Å². The minimum Gasteiger partial charge on any atom is -0.349 e. The molecule has 0 spiro atoms. The molecular weight excluding hydrogens is 309 g/mol. The van der Waals surface area contributed by atoms with Crippen molar-refractivity contribution < 1.29 is 9.18 Å². The maximum Gasteiger partial charge on any atom is 0.251 e. The molecule has 0 saturated heterocycles. The van der Waals surface area contributed by atoms with Gasteiger partial charge >= 0.3 is 0 Å². The van der Waals surface area contributed by atoms with Gasteiger partial charge in [0.05, 0.1) is 4.47 Å². The van der Waals surface area contributed by atoms with Crippen LogP contribution in [-0.4, -0.2) is 11.9 Å². The van der Waals surface area contributed by atoms with E-state index in [1.165, 1.54) is 24.6 Å². The highest BCUT2D eigenvalue weighted by Gasteiger charge is 2.25. The summed E-state index contributed by atoms with van der Waals surface area (Å²) < 4.78 is 13.5. The molecule has 2 unspecified atom stereocenters. The third-order valence-corrected chi connectivity index (χ3v) is 4.30. The molecule has 1 aliphatic carbocycles. The van der Waals surface area contributed by atoms with Crippen LogP contribution in [0.25, 0.3) is 0 Å². The molecule has 1 fully saturated rings. The Labute approximate surface area is 121 Å². The Balaban J connectivity index is 2.02. The average Bonchev–Trinajstić information content (AvgIpc) is 2.31. The largest absolute Gasteiger partial charge is 0.349 e. The van der Waals surface area contributed by atoms with Crippen LogP contribution in [0.15, 0.2) is 22.7 Å². The van der Waals surface area contributed by atoms with Crippen LogP contribution in [0.4, 0.5) is 4.39 Å². The third kappa shape index (κ3) is 3.78. The summed E-state index contributed by atoms with van der Waals surface area (Å²) in [6.07, 6.45) is 3.28. The lowest BCUT2D eigenvalue weighted by molar-refractivity contribution is 0.0911. The number of nitrogens with one attached hydrogen (secondary N) is 1. The van der Waals surface area contributed by atoms with Crippen molar-refractivity contribution in [3.05, 3.63) is 34.1 Å². The molecular formula is C15H19BrFNO. The van der Waals surface area contributed by atoms with Crippen molar-refractivity contribution in [1.82, 2.24) is 5.32 Å². The number of hydrogen-bond acceptors (Lipinski definition) is 1.